The van der Waals surface area contributed by atoms with Gasteiger partial charge in [0.1, 0.15) is 11.4 Å². The molecule has 72 valence electrons. The van der Waals surface area contributed by atoms with Crippen molar-refractivity contribution in [2.75, 3.05) is 0 Å². The number of hydrogen-bond acceptors (Lipinski definition) is 3. The molecule has 0 saturated heterocycles. The van der Waals surface area contributed by atoms with E-state index in [-0.39, 0.29) is 17.3 Å². The van der Waals surface area contributed by atoms with Gasteiger partial charge in [-0.25, -0.2) is 13.8 Å². The second kappa shape index (κ2) is 3.85. The minimum atomic E-state index is -2.83. The molecule has 1 rings (SSSR count). The maximum atomic E-state index is 12.2. The predicted molar refractivity (Wildman–Crippen MR) is 43.8 cm³/mol. The lowest BCUT2D eigenvalue weighted by molar-refractivity contribution is 0.141. The molecular weight excluding hydrogens is 202 g/mol. The van der Waals surface area contributed by atoms with Crippen LogP contribution in [0.15, 0.2) is 6.07 Å². The third-order valence-electron chi connectivity index (χ3n) is 1.46. The van der Waals surface area contributed by atoms with Gasteiger partial charge in [-0.05, 0) is 0 Å². The van der Waals surface area contributed by atoms with E-state index in [2.05, 4.69) is 4.98 Å². The van der Waals surface area contributed by atoms with Crippen LogP contribution in [0.25, 0.3) is 0 Å². The van der Waals surface area contributed by atoms with Gasteiger partial charge in [0, 0.05) is 12.6 Å². The van der Waals surface area contributed by atoms with E-state index < -0.39 is 17.9 Å². The molecule has 13 heavy (non-hydrogen) atoms. The van der Waals surface area contributed by atoms with Crippen LogP contribution in [0, 0.1) is 0 Å². The summed E-state index contributed by atoms with van der Waals surface area (Å²) in [4.78, 5) is 3.43. The molecule has 0 bridgehead atoms. The Morgan fingerprint density at radius 3 is 2.69 bits per heavy atom. The molecule has 0 saturated carbocycles. The average molecular weight is 209 g/mol. The van der Waals surface area contributed by atoms with Gasteiger partial charge >= 0.3 is 0 Å². The molecule has 0 radical (unpaired) electrons. The fraction of sp³-hybridized carbons (Fsp3) is 0.286. The number of rotatable bonds is 2. The van der Waals surface area contributed by atoms with E-state index in [0.29, 0.717) is 0 Å². The normalized spacial score (nSPS) is 10.8. The SMILES string of the molecule is NCc1nc(C(F)F)c(O)cc1Cl. The van der Waals surface area contributed by atoms with E-state index in [4.69, 9.17) is 22.4 Å². The molecule has 1 aromatic heterocycles. The highest BCUT2D eigenvalue weighted by Gasteiger charge is 2.17. The highest BCUT2D eigenvalue weighted by molar-refractivity contribution is 6.31. The first-order valence-electron chi connectivity index (χ1n) is 3.42. The van der Waals surface area contributed by atoms with Crippen LogP contribution >= 0.6 is 11.6 Å². The van der Waals surface area contributed by atoms with Crippen LogP contribution in [0.3, 0.4) is 0 Å². The first kappa shape index (κ1) is 10.1. The minimum absolute atomic E-state index is 0.0428. The number of pyridine rings is 1. The fourth-order valence-corrected chi connectivity index (χ4v) is 1.06. The van der Waals surface area contributed by atoms with Crippen LogP contribution in [0.2, 0.25) is 5.02 Å². The lowest BCUT2D eigenvalue weighted by Gasteiger charge is -2.06. The van der Waals surface area contributed by atoms with E-state index in [1.165, 1.54) is 0 Å². The van der Waals surface area contributed by atoms with Gasteiger partial charge < -0.3 is 10.8 Å². The molecule has 3 nitrogen and oxygen atoms in total. The Morgan fingerprint density at radius 2 is 2.23 bits per heavy atom. The lowest BCUT2D eigenvalue weighted by Crippen LogP contribution is -2.03. The van der Waals surface area contributed by atoms with E-state index in [0.717, 1.165) is 6.07 Å². The first-order valence-corrected chi connectivity index (χ1v) is 3.80. The van der Waals surface area contributed by atoms with Crippen LogP contribution in [0.5, 0.6) is 5.75 Å². The largest absolute Gasteiger partial charge is 0.506 e. The summed E-state index contributed by atoms with van der Waals surface area (Å²) in [7, 11) is 0. The van der Waals surface area contributed by atoms with Gasteiger partial charge in [0.25, 0.3) is 6.43 Å². The van der Waals surface area contributed by atoms with Crippen LogP contribution in [0.4, 0.5) is 8.78 Å². The monoisotopic (exact) mass is 208 g/mol. The topological polar surface area (TPSA) is 59.1 Å². The Morgan fingerprint density at radius 1 is 1.62 bits per heavy atom. The van der Waals surface area contributed by atoms with Crippen molar-refractivity contribution in [3.63, 3.8) is 0 Å². The third-order valence-corrected chi connectivity index (χ3v) is 1.78. The van der Waals surface area contributed by atoms with Crippen molar-refractivity contribution in [2.24, 2.45) is 5.73 Å². The number of hydrogen-bond donors (Lipinski definition) is 2. The van der Waals surface area contributed by atoms with Crippen molar-refractivity contribution in [2.45, 2.75) is 13.0 Å². The quantitative estimate of drug-likeness (QED) is 0.780. The Hall–Kier alpha value is -0.940. The van der Waals surface area contributed by atoms with Crippen LogP contribution in [0.1, 0.15) is 17.8 Å². The molecule has 6 heteroatoms. The summed E-state index contributed by atoms with van der Waals surface area (Å²) in [5, 5.41) is 9.10. The smallest absolute Gasteiger partial charge is 0.284 e. The van der Waals surface area contributed by atoms with Crippen molar-refractivity contribution < 1.29 is 13.9 Å². The second-order valence-corrected chi connectivity index (χ2v) is 2.73. The zero-order valence-electron chi connectivity index (χ0n) is 6.47. The highest BCUT2D eigenvalue weighted by atomic mass is 35.5. The molecule has 1 aromatic rings. The summed E-state index contributed by atoms with van der Waals surface area (Å²) in [5.74, 6) is -0.614. The van der Waals surface area contributed by atoms with E-state index in [1.807, 2.05) is 0 Å². The molecule has 0 spiro atoms. The molecule has 0 aliphatic heterocycles. The van der Waals surface area contributed by atoms with Crippen LogP contribution < -0.4 is 5.73 Å². The van der Waals surface area contributed by atoms with E-state index in [9.17, 15) is 8.78 Å². The maximum Gasteiger partial charge on any atom is 0.284 e. The summed E-state index contributed by atoms with van der Waals surface area (Å²) in [6.07, 6.45) is -2.83. The van der Waals surface area contributed by atoms with Gasteiger partial charge in [-0.1, -0.05) is 11.6 Å². The van der Waals surface area contributed by atoms with Crippen molar-refractivity contribution in [1.82, 2.24) is 4.98 Å². The number of halogens is 3. The van der Waals surface area contributed by atoms with Gasteiger partial charge in [0.2, 0.25) is 0 Å². The summed E-state index contributed by atoms with van der Waals surface area (Å²) >= 11 is 5.56. The average Bonchev–Trinajstić information content (AvgIpc) is 2.03. The zero-order chi connectivity index (χ0) is 10.0. The first-order chi connectivity index (χ1) is 6.06. The summed E-state index contributed by atoms with van der Waals surface area (Å²) in [5.41, 5.74) is 4.65. The zero-order valence-corrected chi connectivity index (χ0v) is 7.22. The van der Waals surface area contributed by atoms with Gasteiger partial charge in [-0.2, -0.15) is 0 Å². The molecular formula is C7H7ClF2N2O. The van der Waals surface area contributed by atoms with Crippen LogP contribution in [-0.2, 0) is 6.54 Å². The summed E-state index contributed by atoms with van der Waals surface area (Å²) < 4.78 is 24.3. The fourth-order valence-electron chi connectivity index (χ4n) is 0.837. The Bertz CT molecular complexity index is 320. The van der Waals surface area contributed by atoms with Crippen molar-refractivity contribution in [1.29, 1.82) is 0 Å². The molecule has 0 aromatic carbocycles. The lowest BCUT2D eigenvalue weighted by atomic mass is 10.3. The molecule has 0 fully saturated rings. The maximum absolute atomic E-state index is 12.2. The van der Waals surface area contributed by atoms with E-state index in [1.54, 1.807) is 0 Å². The summed E-state index contributed by atoms with van der Waals surface area (Å²) in [6, 6.07) is 1.01. The number of nitrogens with zero attached hydrogens (tertiary/aromatic N) is 1. The van der Waals surface area contributed by atoms with E-state index >= 15 is 0 Å². The molecule has 0 aliphatic carbocycles. The standard InChI is InChI=1S/C7H7ClF2N2O/c8-3-1-5(13)6(7(9)10)12-4(3)2-11/h1,7,13H,2,11H2. The van der Waals surface area contributed by atoms with Crippen molar-refractivity contribution in [3.05, 3.63) is 22.5 Å². The Balaban J connectivity index is 3.22. The van der Waals surface area contributed by atoms with Gasteiger partial charge in [0.05, 0.1) is 10.7 Å². The molecule has 0 atom stereocenters. The Labute approximate surface area is 78.1 Å². The number of alkyl halides is 2. The summed E-state index contributed by atoms with van der Waals surface area (Å²) in [6.45, 7) is -0.0428. The molecule has 3 N–H and O–H groups in total. The minimum Gasteiger partial charge on any atom is -0.506 e. The highest BCUT2D eigenvalue weighted by Crippen LogP contribution is 2.29. The van der Waals surface area contributed by atoms with Gasteiger partial charge in [-0.15, -0.1) is 0 Å². The van der Waals surface area contributed by atoms with Crippen molar-refractivity contribution in [3.8, 4) is 5.75 Å². The number of nitrogens with two attached hydrogens (primary N) is 1. The second-order valence-electron chi connectivity index (χ2n) is 2.33. The number of aromatic nitrogens is 1. The predicted octanol–water partition coefficient (Wildman–Crippen LogP) is 1.84. The molecule has 0 amide bonds. The Kier molecular flexibility index (Phi) is 3.00. The molecule has 1 heterocycles. The molecule has 0 unspecified atom stereocenters. The molecule has 0 aliphatic rings. The third kappa shape index (κ3) is 2.05. The van der Waals surface area contributed by atoms with Gasteiger partial charge in [-0.3, -0.25) is 0 Å². The van der Waals surface area contributed by atoms with Crippen LogP contribution in [-0.4, -0.2) is 10.1 Å². The van der Waals surface area contributed by atoms with Crippen molar-refractivity contribution >= 4 is 11.6 Å². The number of aromatic hydroxyl groups is 1. The van der Waals surface area contributed by atoms with Gasteiger partial charge in [0.15, 0.2) is 0 Å².